The summed E-state index contributed by atoms with van der Waals surface area (Å²) in [6.07, 6.45) is -4.53. The number of aromatic nitrogens is 1. The van der Waals surface area contributed by atoms with Crippen LogP contribution in [0.15, 0.2) is 30.3 Å². The molecule has 1 aromatic heterocycles. The Balaban J connectivity index is 1.61. The van der Waals surface area contributed by atoms with Gasteiger partial charge in [-0.3, -0.25) is 14.7 Å². The van der Waals surface area contributed by atoms with Crippen molar-refractivity contribution in [3.8, 4) is 6.07 Å². The topological polar surface area (TPSA) is 72.3 Å². The fourth-order valence-electron chi connectivity index (χ4n) is 3.57. The standard InChI is InChI=1S/C21H22F3N5O/c1-14-11-19(16(12-25)15(2)26-14)29-9-7-28(8-10-29)13-20(30)27-18-6-4-3-5-17(18)21(22,23)24/h3-6,11H,7-10,13H2,1-2H3,(H,27,30). The number of benzene rings is 1. The first-order chi connectivity index (χ1) is 14.2. The lowest BCUT2D eigenvalue weighted by Crippen LogP contribution is -2.49. The molecule has 1 aromatic carbocycles. The molecule has 1 aliphatic rings. The summed E-state index contributed by atoms with van der Waals surface area (Å²) in [5.74, 6) is -0.492. The molecule has 0 spiro atoms. The number of amides is 1. The Kier molecular flexibility index (Phi) is 6.27. The van der Waals surface area contributed by atoms with Crippen molar-refractivity contribution in [1.29, 1.82) is 5.26 Å². The van der Waals surface area contributed by atoms with Crippen LogP contribution < -0.4 is 10.2 Å². The first-order valence-electron chi connectivity index (χ1n) is 9.50. The third-order valence-electron chi connectivity index (χ3n) is 5.01. The zero-order chi connectivity index (χ0) is 21.9. The van der Waals surface area contributed by atoms with E-state index in [4.69, 9.17) is 0 Å². The molecule has 1 aliphatic heterocycles. The maximum Gasteiger partial charge on any atom is 0.418 e. The molecule has 9 heteroatoms. The molecular weight excluding hydrogens is 395 g/mol. The van der Waals surface area contributed by atoms with Gasteiger partial charge in [-0.2, -0.15) is 18.4 Å². The molecule has 1 saturated heterocycles. The molecule has 1 fully saturated rings. The predicted octanol–water partition coefficient (Wildman–Crippen LogP) is 3.35. The van der Waals surface area contributed by atoms with Crippen LogP contribution in [0.5, 0.6) is 0 Å². The second-order valence-corrected chi connectivity index (χ2v) is 7.21. The highest BCUT2D eigenvalue weighted by atomic mass is 19.4. The van der Waals surface area contributed by atoms with E-state index in [1.807, 2.05) is 17.9 Å². The molecule has 6 nitrogen and oxygen atoms in total. The monoisotopic (exact) mass is 417 g/mol. The molecule has 0 aliphatic carbocycles. The summed E-state index contributed by atoms with van der Waals surface area (Å²) < 4.78 is 39.3. The number of anilines is 2. The molecule has 0 radical (unpaired) electrons. The van der Waals surface area contributed by atoms with E-state index in [1.165, 1.54) is 18.2 Å². The van der Waals surface area contributed by atoms with Crippen molar-refractivity contribution in [3.05, 3.63) is 52.8 Å². The summed E-state index contributed by atoms with van der Waals surface area (Å²) in [6.45, 7) is 5.98. The highest BCUT2D eigenvalue weighted by Gasteiger charge is 2.33. The molecule has 2 aromatic rings. The van der Waals surface area contributed by atoms with Crippen molar-refractivity contribution in [3.63, 3.8) is 0 Å². The summed E-state index contributed by atoms with van der Waals surface area (Å²) in [5.41, 5.74) is 1.76. The number of carbonyl (C=O) groups excluding carboxylic acids is 1. The van der Waals surface area contributed by atoms with Crippen LogP contribution in [0.4, 0.5) is 24.5 Å². The Morgan fingerprint density at radius 3 is 2.50 bits per heavy atom. The van der Waals surface area contributed by atoms with E-state index in [2.05, 4.69) is 21.3 Å². The van der Waals surface area contributed by atoms with Crippen LogP contribution in [0, 0.1) is 25.2 Å². The average molecular weight is 417 g/mol. The minimum Gasteiger partial charge on any atom is -0.368 e. The zero-order valence-electron chi connectivity index (χ0n) is 16.8. The van der Waals surface area contributed by atoms with Gasteiger partial charge in [-0.05, 0) is 32.0 Å². The van der Waals surface area contributed by atoms with Crippen molar-refractivity contribution in [1.82, 2.24) is 9.88 Å². The van der Waals surface area contributed by atoms with Crippen LogP contribution in [-0.4, -0.2) is 48.5 Å². The number of alkyl halides is 3. The van der Waals surface area contributed by atoms with Crippen LogP contribution in [0.25, 0.3) is 0 Å². The molecule has 2 heterocycles. The third kappa shape index (κ3) is 4.89. The molecule has 30 heavy (non-hydrogen) atoms. The van der Waals surface area contributed by atoms with E-state index >= 15 is 0 Å². The molecular formula is C21H22F3N5O. The lowest BCUT2D eigenvalue weighted by molar-refractivity contribution is -0.137. The number of carbonyl (C=O) groups is 1. The van der Waals surface area contributed by atoms with Crippen molar-refractivity contribution in [2.24, 2.45) is 0 Å². The van der Waals surface area contributed by atoms with E-state index in [1.54, 1.807) is 6.92 Å². The van der Waals surface area contributed by atoms with Crippen LogP contribution in [-0.2, 0) is 11.0 Å². The number of piperazine rings is 1. The smallest absolute Gasteiger partial charge is 0.368 e. The first-order valence-corrected chi connectivity index (χ1v) is 9.50. The highest BCUT2D eigenvalue weighted by Crippen LogP contribution is 2.34. The van der Waals surface area contributed by atoms with E-state index in [9.17, 15) is 23.2 Å². The van der Waals surface area contributed by atoms with Gasteiger partial charge in [-0.25, -0.2) is 0 Å². The largest absolute Gasteiger partial charge is 0.418 e. The van der Waals surface area contributed by atoms with Gasteiger partial charge in [0.2, 0.25) is 5.91 Å². The molecule has 0 bridgehead atoms. The van der Waals surface area contributed by atoms with E-state index in [0.717, 1.165) is 17.4 Å². The van der Waals surface area contributed by atoms with Crippen molar-refractivity contribution < 1.29 is 18.0 Å². The summed E-state index contributed by atoms with van der Waals surface area (Å²) in [5, 5.41) is 11.8. The molecule has 0 unspecified atom stereocenters. The van der Waals surface area contributed by atoms with Crippen molar-refractivity contribution >= 4 is 17.3 Å². The molecule has 3 rings (SSSR count). The number of halogens is 3. The second-order valence-electron chi connectivity index (χ2n) is 7.21. The van der Waals surface area contributed by atoms with Crippen LogP contribution in [0.2, 0.25) is 0 Å². The van der Waals surface area contributed by atoms with Gasteiger partial charge in [-0.1, -0.05) is 12.1 Å². The number of nitrogens with zero attached hydrogens (tertiary/aromatic N) is 4. The van der Waals surface area contributed by atoms with Gasteiger partial charge < -0.3 is 10.2 Å². The number of hydrogen-bond acceptors (Lipinski definition) is 5. The summed E-state index contributed by atoms with van der Waals surface area (Å²) in [6, 6.07) is 9.01. The fourth-order valence-corrected chi connectivity index (χ4v) is 3.57. The Morgan fingerprint density at radius 2 is 1.87 bits per heavy atom. The lowest BCUT2D eigenvalue weighted by atomic mass is 10.1. The Morgan fingerprint density at radius 1 is 1.20 bits per heavy atom. The fraction of sp³-hybridized carbons (Fsp3) is 0.381. The number of pyridine rings is 1. The van der Waals surface area contributed by atoms with E-state index < -0.39 is 17.6 Å². The first kappa shape index (κ1) is 21.6. The van der Waals surface area contributed by atoms with Gasteiger partial charge in [0.15, 0.2) is 0 Å². The Labute approximate surface area is 172 Å². The number of rotatable bonds is 4. The Bertz CT molecular complexity index is 976. The number of aryl methyl sites for hydroxylation is 2. The molecule has 0 atom stereocenters. The number of hydrogen-bond donors (Lipinski definition) is 1. The van der Waals surface area contributed by atoms with E-state index in [0.29, 0.717) is 37.4 Å². The number of nitrogens with one attached hydrogen (secondary N) is 1. The normalized spacial score (nSPS) is 15.0. The number of nitriles is 1. The third-order valence-corrected chi connectivity index (χ3v) is 5.01. The molecule has 158 valence electrons. The maximum atomic E-state index is 13.1. The minimum atomic E-state index is -4.53. The molecule has 0 saturated carbocycles. The SMILES string of the molecule is Cc1cc(N2CCN(CC(=O)Nc3ccccc3C(F)(F)F)CC2)c(C#N)c(C)n1. The van der Waals surface area contributed by atoms with Gasteiger partial charge in [0.25, 0.3) is 0 Å². The van der Waals surface area contributed by atoms with Crippen molar-refractivity contribution in [2.75, 3.05) is 42.9 Å². The quantitative estimate of drug-likeness (QED) is 0.826. The molecule has 1 N–H and O–H groups in total. The van der Waals surface area contributed by atoms with Gasteiger partial charge in [0, 0.05) is 31.9 Å². The van der Waals surface area contributed by atoms with Gasteiger partial charge in [0.1, 0.15) is 6.07 Å². The zero-order valence-corrected chi connectivity index (χ0v) is 16.8. The minimum absolute atomic E-state index is 0.000457. The highest BCUT2D eigenvalue weighted by molar-refractivity contribution is 5.93. The predicted molar refractivity (Wildman–Crippen MR) is 107 cm³/mol. The summed E-state index contributed by atoms with van der Waals surface area (Å²) in [4.78, 5) is 20.6. The van der Waals surface area contributed by atoms with Gasteiger partial charge >= 0.3 is 6.18 Å². The second kappa shape index (κ2) is 8.71. The number of para-hydroxylation sites is 1. The van der Waals surface area contributed by atoms with Gasteiger partial charge in [-0.15, -0.1) is 0 Å². The summed E-state index contributed by atoms with van der Waals surface area (Å²) in [7, 11) is 0. The van der Waals surface area contributed by atoms with Crippen LogP contribution >= 0.6 is 0 Å². The van der Waals surface area contributed by atoms with E-state index in [-0.39, 0.29) is 12.2 Å². The van der Waals surface area contributed by atoms with Crippen LogP contribution in [0.1, 0.15) is 22.5 Å². The summed E-state index contributed by atoms with van der Waals surface area (Å²) >= 11 is 0. The maximum absolute atomic E-state index is 13.1. The average Bonchev–Trinajstić information content (AvgIpc) is 2.67. The Hall–Kier alpha value is -3.12. The van der Waals surface area contributed by atoms with Gasteiger partial charge in [0.05, 0.1) is 34.7 Å². The van der Waals surface area contributed by atoms with Crippen molar-refractivity contribution in [2.45, 2.75) is 20.0 Å². The van der Waals surface area contributed by atoms with Crippen LogP contribution in [0.3, 0.4) is 0 Å². The lowest BCUT2D eigenvalue weighted by Gasteiger charge is -2.36. The molecule has 1 amide bonds.